The minimum absolute atomic E-state index is 0.290. The molecule has 0 saturated carbocycles. The van der Waals surface area contributed by atoms with Gasteiger partial charge >= 0.3 is 0 Å². The summed E-state index contributed by atoms with van der Waals surface area (Å²) in [6.45, 7) is 3.71. The van der Waals surface area contributed by atoms with E-state index in [2.05, 4.69) is 19.9 Å². The summed E-state index contributed by atoms with van der Waals surface area (Å²) in [7, 11) is 0. The molecule has 1 aliphatic rings. The van der Waals surface area contributed by atoms with Gasteiger partial charge in [0.25, 0.3) is 0 Å². The van der Waals surface area contributed by atoms with Gasteiger partial charge in [0.15, 0.2) is 0 Å². The summed E-state index contributed by atoms with van der Waals surface area (Å²) in [6.07, 6.45) is 7.50. The fraction of sp³-hybridized carbons (Fsp3) is 0.500. The van der Waals surface area contributed by atoms with Crippen LogP contribution in [0.25, 0.3) is 0 Å². The second-order valence-electron chi connectivity index (χ2n) is 4.89. The Kier molecular flexibility index (Phi) is 4.68. The minimum atomic E-state index is 0.290. The van der Waals surface area contributed by atoms with Crippen LogP contribution in [0.2, 0.25) is 0 Å². The SMILES string of the molecule is c1cc(CCC2CN(Cc3nccs3)CCO2)ncn1. The molecule has 0 aliphatic carbocycles. The van der Waals surface area contributed by atoms with Gasteiger partial charge in [0.2, 0.25) is 0 Å². The van der Waals surface area contributed by atoms with Gasteiger partial charge in [-0.15, -0.1) is 11.3 Å². The highest BCUT2D eigenvalue weighted by atomic mass is 32.1. The van der Waals surface area contributed by atoms with E-state index >= 15 is 0 Å². The van der Waals surface area contributed by atoms with Crippen LogP contribution in [0.3, 0.4) is 0 Å². The van der Waals surface area contributed by atoms with Crippen molar-refractivity contribution in [2.75, 3.05) is 19.7 Å². The topological polar surface area (TPSA) is 51.1 Å². The largest absolute Gasteiger partial charge is 0.376 e. The zero-order chi connectivity index (χ0) is 13.6. The zero-order valence-electron chi connectivity index (χ0n) is 11.3. The second kappa shape index (κ2) is 6.88. The summed E-state index contributed by atoms with van der Waals surface area (Å²) in [5.74, 6) is 0. The highest BCUT2D eigenvalue weighted by Gasteiger charge is 2.21. The molecule has 0 spiro atoms. The third-order valence-corrected chi connectivity index (χ3v) is 4.20. The highest BCUT2D eigenvalue weighted by Crippen LogP contribution is 2.15. The fourth-order valence-corrected chi connectivity index (χ4v) is 3.05. The zero-order valence-corrected chi connectivity index (χ0v) is 12.1. The Bertz CT molecular complexity index is 505. The Labute approximate surface area is 122 Å². The summed E-state index contributed by atoms with van der Waals surface area (Å²) in [6, 6.07) is 1.97. The molecule has 2 aromatic rings. The first-order valence-electron chi connectivity index (χ1n) is 6.87. The van der Waals surface area contributed by atoms with Crippen LogP contribution in [-0.2, 0) is 17.7 Å². The number of aryl methyl sites for hydroxylation is 1. The van der Waals surface area contributed by atoms with Crippen molar-refractivity contribution in [1.82, 2.24) is 19.9 Å². The van der Waals surface area contributed by atoms with E-state index in [4.69, 9.17) is 4.74 Å². The van der Waals surface area contributed by atoms with Crippen LogP contribution in [0.1, 0.15) is 17.1 Å². The molecule has 1 saturated heterocycles. The number of hydrogen-bond donors (Lipinski definition) is 0. The molecule has 106 valence electrons. The lowest BCUT2D eigenvalue weighted by atomic mass is 10.1. The average molecular weight is 290 g/mol. The molecule has 0 amide bonds. The van der Waals surface area contributed by atoms with Crippen LogP contribution in [0.4, 0.5) is 0 Å². The van der Waals surface area contributed by atoms with Crippen molar-refractivity contribution < 1.29 is 4.74 Å². The van der Waals surface area contributed by atoms with Crippen molar-refractivity contribution >= 4 is 11.3 Å². The van der Waals surface area contributed by atoms with Crippen LogP contribution >= 0.6 is 11.3 Å². The Balaban J connectivity index is 1.48. The minimum Gasteiger partial charge on any atom is -0.376 e. The van der Waals surface area contributed by atoms with Gasteiger partial charge in [-0.05, 0) is 18.9 Å². The van der Waals surface area contributed by atoms with Gasteiger partial charge in [0.05, 0.1) is 19.3 Å². The van der Waals surface area contributed by atoms with Crippen molar-refractivity contribution in [1.29, 1.82) is 0 Å². The number of nitrogens with zero attached hydrogens (tertiary/aromatic N) is 4. The number of thiazole rings is 1. The maximum atomic E-state index is 5.85. The number of ether oxygens (including phenoxy) is 1. The maximum absolute atomic E-state index is 5.85. The Morgan fingerprint density at radius 3 is 3.15 bits per heavy atom. The van der Waals surface area contributed by atoms with Gasteiger partial charge < -0.3 is 4.74 Å². The summed E-state index contributed by atoms with van der Waals surface area (Å²) >= 11 is 1.72. The van der Waals surface area contributed by atoms with E-state index < -0.39 is 0 Å². The third-order valence-electron chi connectivity index (χ3n) is 3.43. The molecule has 0 bridgehead atoms. The average Bonchev–Trinajstić information content (AvgIpc) is 3.00. The molecule has 0 aromatic carbocycles. The summed E-state index contributed by atoms with van der Waals surface area (Å²) in [5.41, 5.74) is 1.08. The molecule has 3 rings (SSSR count). The van der Waals surface area contributed by atoms with Gasteiger partial charge in [-0.3, -0.25) is 4.90 Å². The lowest BCUT2D eigenvalue weighted by Crippen LogP contribution is -2.42. The van der Waals surface area contributed by atoms with E-state index in [0.717, 1.165) is 44.8 Å². The van der Waals surface area contributed by atoms with Crippen LogP contribution < -0.4 is 0 Å². The second-order valence-corrected chi connectivity index (χ2v) is 5.87. The Morgan fingerprint density at radius 2 is 2.35 bits per heavy atom. The first-order valence-corrected chi connectivity index (χ1v) is 7.75. The first-order chi connectivity index (χ1) is 9.90. The predicted molar refractivity (Wildman–Crippen MR) is 77.5 cm³/mol. The molecule has 1 unspecified atom stereocenters. The van der Waals surface area contributed by atoms with E-state index in [1.54, 1.807) is 23.9 Å². The van der Waals surface area contributed by atoms with Gasteiger partial charge in [-0.25, -0.2) is 15.0 Å². The molecule has 1 atom stereocenters. The number of aromatic nitrogens is 3. The summed E-state index contributed by atoms with van der Waals surface area (Å²) < 4.78 is 5.85. The molecule has 2 aromatic heterocycles. The van der Waals surface area contributed by atoms with E-state index in [9.17, 15) is 0 Å². The van der Waals surface area contributed by atoms with E-state index in [1.165, 1.54) is 5.01 Å². The van der Waals surface area contributed by atoms with Crippen LogP contribution in [0.15, 0.2) is 30.2 Å². The first kappa shape index (κ1) is 13.6. The summed E-state index contributed by atoms with van der Waals surface area (Å²) in [5, 5.41) is 3.21. The lowest BCUT2D eigenvalue weighted by molar-refractivity contribution is -0.0346. The van der Waals surface area contributed by atoms with Crippen molar-refractivity contribution in [3.8, 4) is 0 Å². The normalized spacial score (nSPS) is 20.1. The smallest absolute Gasteiger partial charge is 0.115 e. The number of morpholine rings is 1. The van der Waals surface area contributed by atoms with Gasteiger partial charge in [-0.2, -0.15) is 0 Å². The molecule has 3 heterocycles. The van der Waals surface area contributed by atoms with Crippen LogP contribution in [0, 0.1) is 0 Å². The molecular weight excluding hydrogens is 272 g/mol. The third kappa shape index (κ3) is 3.82. The maximum Gasteiger partial charge on any atom is 0.115 e. The molecule has 0 radical (unpaired) electrons. The van der Waals surface area contributed by atoms with Gasteiger partial charge in [0, 0.05) is 36.6 Å². The molecule has 0 N–H and O–H groups in total. The monoisotopic (exact) mass is 290 g/mol. The van der Waals surface area contributed by atoms with Crippen LogP contribution in [0.5, 0.6) is 0 Å². The summed E-state index contributed by atoms with van der Waals surface area (Å²) in [4.78, 5) is 15.0. The van der Waals surface area contributed by atoms with Crippen molar-refractivity contribution in [2.24, 2.45) is 0 Å². The molecule has 1 fully saturated rings. The molecule has 5 nitrogen and oxygen atoms in total. The molecule has 20 heavy (non-hydrogen) atoms. The van der Waals surface area contributed by atoms with Crippen LogP contribution in [-0.4, -0.2) is 45.7 Å². The van der Waals surface area contributed by atoms with Crippen molar-refractivity contribution in [3.63, 3.8) is 0 Å². The van der Waals surface area contributed by atoms with Gasteiger partial charge in [0.1, 0.15) is 11.3 Å². The molecule has 1 aliphatic heterocycles. The quantitative estimate of drug-likeness (QED) is 0.840. The molecular formula is C14H18N4OS. The predicted octanol–water partition coefficient (Wildman–Crippen LogP) is 1.77. The van der Waals surface area contributed by atoms with Gasteiger partial charge in [-0.1, -0.05) is 0 Å². The van der Waals surface area contributed by atoms with Crippen molar-refractivity contribution in [2.45, 2.75) is 25.5 Å². The Hall–Kier alpha value is -1.37. The van der Waals surface area contributed by atoms with E-state index in [0.29, 0.717) is 6.10 Å². The fourth-order valence-electron chi connectivity index (χ4n) is 2.40. The molecule has 6 heteroatoms. The van der Waals surface area contributed by atoms with E-state index in [-0.39, 0.29) is 0 Å². The highest BCUT2D eigenvalue weighted by molar-refractivity contribution is 7.09. The standard InChI is InChI=1S/C14H18N4OS/c1(12-3-4-15-11-17-12)2-13-9-18(6-7-19-13)10-14-16-5-8-20-14/h3-5,8,11,13H,1-2,6-7,9-10H2. The number of hydrogen-bond acceptors (Lipinski definition) is 6. The van der Waals surface area contributed by atoms with E-state index in [1.807, 2.05) is 17.6 Å². The lowest BCUT2D eigenvalue weighted by Gasteiger charge is -2.32. The van der Waals surface area contributed by atoms with Crippen molar-refractivity contribution in [3.05, 3.63) is 40.9 Å². The number of rotatable bonds is 5. The Morgan fingerprint density at radius 1 is 1.35 bits per heavy atom.